The molecule has 1 amide bonds. The molecule has 144 valence electrons. The monoisotopic (exact) mass is 388 g/mol. The lowest BCUT2D eigenvalue weighted by atomic mass is 9.99. The SMILES string of the molecule is Cc1cccc(Oc2ccc(NC(=O)C3CCCN(S(C)(=O)=O)C3)cc2)c1. The molecular weight excluding hydrogens is 364 g/mol. The molecule has 1 fully saturated rings. The highest BCUT2D eigenvalue weighted by atomic mass is 32.2. The molecule has 0 radical (unpaired) electrons. The Morgan fingerprint density at radius 2 is 1.89 bits per heavy atom. The molecule has 1 atom stereocenters. The number of nitrogens with one attached hydrogen (secondary N) is 1. The molecular formula is C20H24N2O4S. The lowest BCUT2D eigenvalue weighted by Gasteiger charge is -2.30. The van der Waals surface area contributed by atoms with Gasteiger partial charge in [-0.25, -0.2) is 12.7 Å². The molecule has 1 saturated heterocycles. The summed E-state index contributed by atoms with van der Waals surface area (Å²) in [7, 11) is -3.27. The number of hydrogen-bond donors (Lipinski definition) is 1. The first kappa shape index (κ1) is 19.4. The van der Waals surface area contributed by atoms with Crippen LogP contribution >= 0.6 is 0 Å². The number of anilines is 1. The van der Waals surface area contributed by atoms with Gasteiger partial charge in [-0.2, -0.15) is 0 Å². The maximum absolute atomic E-state index is 12.5. The van der Waals surface area contributed by atoms with Crippen molar-refractivity contribution in [2.45, 2.75) is 19.8 Å². The average molecular weight is 388 g/mol. The highest BCUT2D eigenvalue weighted by Crippen LogP contribution is 2.25. The van der Waals surface area contributed by atoms with Crippen molar-refractivity contribution in [3.05, 3.63) is 54.1 Å². The molecule has 1 aliphatic heterocycles. The molecule has 0 bridgehead atoms. The Morgan fingerprint density at radius 1 is 1.15 bits per heavy atom. The Balaban J connectivity index is 1.60. The van der Waals surface area contributed by atoms with Crippen LogP contribution in [0.1, 0.15) is 18.4 Å². The predicted molar refractivity (Wildman–Crippen MR) is 105 cm³/mol. The summed E-state index contributed by atoms with van der Waals surface area (Å²) in [5.41, 5.74) is 1.78. The van der Waals surface area contributed by atoms with Gasteiger partial charge in [-0.3, -0.25) is 4.79 Å². The lowest BCUT2D eigenvalue weighted by molar-refractivity contribution is -0.120. The van der Waals surface area contributed by atoms with E-state index in [-0.39, 0.29) is 18.4 Å². The van der Waals surface area contributed by atoms with Gasteiger partial charge in [-0.15, -0.1) is 0 Å². The predicted octanol–water partition coefficient (Wildman–Crippen LogP) is 3.40. The van der Waals surface area contributed by atoms with Crippen molar-refractivity contribution >= 4 is 21.6 Å². The fourth-order valence-electron chi connectivity index (χ4n) is 3.12. The van der Waals surface area contributed by atoms with Gasteiger partial charge in [-0.1, -0.05) is 12.1 Å². The smallest absolute Gasteiger partial charge is 0.228 e. The summed E-state index contributed by atoms with van der Waals surface area (Å²) in [5.74, 6) is 0.946. The zero-order valence-corrected chi connectivity index (χ0v) is 16.3. The minimum Gasteiger partial charge on any atom is -0.457 e. The Hall–Kier alpha value is -2.38. The topological polar surface area (TPSA) is 75.7 Å². The molecule has 7 heteroatoms. The summed E-state index contributed by atoms with van der Waals surface area (Å²) in [5, 5.41) is 2.87. The van der Waals surface area contributed by atoms with E-state index in [1.165, 1.54) is 10.6 Å². The van der Waals surface area contributed by atoms with Crippen LogP contribution in [0.15, 0.2) is 48.5 Å². The van der Waals surface area contributed by atoms with E-state index in [0.29, 0.717) is 30.8 Å². The molecule has 27 heavy (non-hydrogen) atoms. The van der Waals surface area contributed by atoms with Crippen molar-refractivity contribution in [2.75, 3.05) is 24.7 Å². The molecule has 1 unspecified atom stereocenters. The Kier molecular flexibility index (Phi) is 5.82. The molecule has 6 nitrogen and oxygen atoms in total. The number of sulfonamides is 1. The van der Waals surface area contributed by atoms with Gasteiger partial charge in [0.25, 0.3) is 0 Å². The van der Waals surface area contributed by atoms with Crippen LogP contribution in [0, 0.1) is 12.8 Å². The first-order valence-electron chi connectivity index (χ1n) is 8.92. The van der Waals surface area contributed by atoms with Gasteiger partial charge in [0.2, 0.25) is 15.9 Å². The molecule has 2 aromatic rings. The molecule has 1 N–H and O–H groups in total. The minimum absolute atomic E-state index is 0.157. The van der Waals surface area contributed by atoms with E-state index in [0.717, 1.165) is 11.3 Å². The largest absolute Gasteiger partial charge is 0.457 e. The van der Waals surface area contributed by atoms with Crippen molar-refractivity contribution in [1.82, 2.24) is 4.31 Å². The number of hydrogen-bond acceptors (Lipinski definition) is 4. The van der Waals surface area contributed by atoms with Gasteiger partial charge in [-0.05, 0) is 61.7 Å². The first-order valence-corrected chi connectivity index (χ1v) is 10.8. The summed E-state index contributed by atoms with van der Waals surface area (Å²) < 4.78 is 30.6. The molecule has 2 aromatic carbocycles. The Morgan fingerprint density at radius 3 is 2.56 bits per heavy atom. The summed E-state index contributed by atoms with van der Waals surface area (Å²) in [6, 6.07) is 14.9. The second-order valence-electron chi connectivity index (χ2n) is 6.89. The maximum atomic E-state index is 12.5. The van der Waals surface area contributed by atoms with E-state index in [9.17, 15) is 13.2 Å². The summed E-state index contributed by atoms with van der Waals surface area (Å²) >= 11 is 0. The third kappa shape index (κ3) is 5.30. The van der Waals surface area contributed by atoms with Gasteiger partial charge in [0.05, 0.1) is 12.2 Å². The van der Waals surface area contributed by atoms with Crippen molar-refractivity contribution in [3.8, 4) is 11.5 Å². The molecule has 0 aliphatic carbocycles. The maximum Gasteiger partial charge on any atom is 0.228 e. The van der Waals surface area contributed by atoms with E-state index < -0.39 is 10.0 Å². The standard InChI is InChI=1S/C20H24N2O4S/c1-15-5-3-7-19(13-15)26-18-10-8-17(9-11-18)21-20(23)16-6-4-12-22(14-16)27(2,24)25/h3,5,7-11,13,16H,4,6,12,14H2,1-2H3,(H,21,23). The van der Waals surface area contributed by atoms with Crippen LogP contribution in [-0.4, -0.2) is 38.0 Å². The van der Waals surface area contributed by atoms with Crippen molar-refractivity contribution in [1.29, 1.82) is 0 Å². The number of piperidine rings is 1. The summed E-state index contributed by atoms with van der Waals surface area (Å²) in [6.07, 6.45) is 2.56. The van der Waals surface area contributed by atoms with E-state index in [2.05, 4.69) is 5.32 Å². The van der Waals surface area contributed by atoms with Crippen LogP contribution in [0.2, 0.25) is 0 Å². The van der Waals surface area contributed by atoms with E-state index >= 15 is 0 Å². The highest BCUT2D eigenvalue weighted by Gasteiger charge is 2.30. The number of ether oxygens (including phenoxy) is 1. The zero-order chi connectivity index (χ0) is 19.4. The number of aryl methyl sites for hydroxylation is 1. The zero-order valence-electron chi connectivity index (χ0n) is 15.5. The van der Waals surface area contributed by atoms with Crippen LogP contribution < -0.4 is 10.1 Å². The number of amides is 1. The summed E-state index contributed by atoms with van der Waals surface area (Å²) in [6.45, 7) is 2.72. The van der Waals surface area contributed by atoms with Crippen molar-refractivity contribution in [3.63, 3.8) is 0 Å². The highest BCUT2D eigenvalue weighted by molar-refractivity contribution is 7.88. The molecule has 1 aliphatic rings. The Labute approximate surface area is 160 Å². The third-order valence-corrected chi connectivity index (χ3v) is 5.84. The van der Waals surface area contributed by atoms with Gasteiger partial charge < -0.3 is 10.1 Å². The lowest BCUT2D eigenvalue weighted by Crippen LogP contribution is -2.43. The summed E-state index contributed by atoms with van der Waals surface area (Å²) in [4.78, 5) is 12.5. The second kappa shape index (κ2) is 8.10. The number of benzene rings is 2. The van der Waals surface area contributed by atoms with Gasteiger partial charge in [0.1, 0.15) is 11.5 Å². The first-order chi connectivity index (χ1) is 12.8. The molecule has 0 spiro atoms. The fraction of sp³-hybridized carbons (Fsp3) is 0.350. The number of carbonyl (C=O) groups excluding carboxylic acids is 1. The number of rotatable bonds is 5. The van der Waals surface area contributed by atoms with Crippen molar-refractivity contribution < 1.29 is 17.9 Å². The van der Waals surface area contributed by atoms with E-state index in [4.69, 9.17) is 4.74 Å². The molecule has 3 rings (SSSR count). The van der Waals surface area contributed by atoms with Crippen molar-refractivity contribution in [2.24, 2.45) is 5.92 Å². The van der Waals surface area contributed by atoms with Gasteiger partial charge in [0, 0.05) is 18.8 Å². The fourth-order valence-corrected chi connectivity index (χ4v) is 4.03. The van der Waals surface area contributed by atoms with Crippen LogP contribution in [0.5, 0.6) is 11.5 Å². The van der Waals surface area contributed by atoms with E-state index in [1.54, 1.807) is 24.3 Å². The van der Waals surface area contributed by atoms with Crippen LogP contribution in [0.4, 0.5) is 5.69 Å². The van der Waals surface area contributed by atoms with Crippen LogP contribution in [0.25, 0.3) is 0 Å². The number of carbonyl (C=O) groups is 1. The molecule has 0 saturated carbocycles. The van der Waals surface area contributed by atoms with Gasteiger partial charge >= 0.3 is 0 Å². The molecule has 0 aromatic heterocycles. The average Bonchev–Trinajstić information content (AvgIpc) is 2.63. The minimum atomic E-state index is -3.27. The normalized spacial score (nSPS) is 18.1. The van der Waals surface area contributed by atoms with Crippen LogP contribution in [-0.2, 0) is 14.8 Å². The third-order valence-electron chi connectivity index (χ3n) is 4.57. The second-order valence-corrected chi connectivity index (χ2v) is 8.87. The Bertz CT molecular complexity index is 910. The van der Waals surface area contributed by atoms with Crippen LogP contribution in [0.3, 0.4) is 0 Å². The van der Waals surface area contributed by atoms with E-state index in [1.807, 2.05) is 31.2 Å². The quantitative estimate of drug-likeness (QED) is 0.852. The molecule has 1 heterocycles. The number of nitrogens with zero attached hydrogens (tertiary/aromatic N) is 1. The van der Waals surface area contributed by atoms with Gasteiger partial charge in [0.15, 0.2) is 0 Å².